The molecule has 0 aliphatic carbocycles. The third-order valence-corrected chi connectivity index (χ3v) is 3.97. The summed E-state index contributed by atoms with van der Waals surface area (Å²) >= 11 is 0. The minimum atomic E-state index is -0.372. The molecule has 6 heteroatoms. The fraction of sp³-hybridized carbons (Fsp3) is 0.583. The molecule has 0 aromatic carbocycles. The van der Waals surface area contributed by atoms with Gasteiger partial charge in [0.15, 0.2) is 0 Å². The van der Waals surface area contributed by atoms with E-state index in [2.05, 4.69) is 9.88 Å². The average Bonchev–Trinajstić information content (AvgIpc) is 2.62. The molecule has 6 nitrogen and oxygen atoms in total. The van der Waals surface area contributed by atoms with E-state index in [4.69, 9.17) is 5.73 Å². The first-order valence-electron chi connectivity index (χ1n) is 6.29. The number of anilines is 1. The van der Waals surface area contributed by atoms with Crippen molar-refractivity contribution < 1.29 is 4.92 Å². The summed E-state index contributed by atoms with van der Waals surface area (Å²) in [5.74, 6) is 0.726. The van der Waals surface area contributed by atoms with Crippen molar-refractivity contribution in [2.75, 3.05) is 4.90 Å². The molecule has 2 unspecified atom stereocenters. The number of nitrogens with zero attached hydrogens (tertiary/aromatic N) is 3. The van der Waals surface area contributed by atoms with Gasteiger partial charge in [-0.2, -0.15) is 0 Å². The largest absolute Gasteiger partial charge is 0.350 e. The van der Waals surface area contributed by atoms with Gasteiger partial charge in [-0.05, 0) is 25.7 Å². The zero-order valence-electron chi connectivity index (χ0n) is 10.0. The van der Waals surface area contributed by atoms with Crippen LogP contribution in [0.5, 0.6) is 0 Å². The quantitative estimate of drug-likeness (QED) is 0.632. The van der Waals surface area contributed by atoms with E-state index < -0.39 is 0 Å². The van der Waals surface area contributed by atoms with Crippen molar-refractivity contribution in [2.45, 2.75) is 43.8 Å². The monoisotopic (exact) mass is 248 g/mol. The molecule has 3 rings (SSSR count). The van der Waals surface area contributed by atoms with Crippen LogP contribution in [0.25, 0.3) is 0 Å². The van der Waals surface area contributed by atoms with Crippen LogP contribution in [0.15, 0.2) is 18.3 Å². The van der Waals surface area contributed by atoms with Crippen molar-refractivity contribution in [3.05, 3.63) is 28.4 Å². The van der Waals surface area contributed by atoms with Crippen molar-refractivity contribution in [1.82, 2.24) is 4.98 Å². The summed E-state index contributed by atoms with van der Waals surface area (Å²) in [7, 11) is 0. The summed E-state index contributed by atoms with van der Waals surface area (Å²) in [4.78, 5) is 17.0. The molecule has 1 aromatic heterocycles. The molecule has 18 heavy (non-hydrogen) atoms. The first kappa shape index (κ1) is 11.4. The molecule has 2 aliphatic heterocycles. The van der Waals surface area contributed by atoms with Crippen LogP contribution in [0.1, 0.15) is 25.7 Å². The van der Waals surface area contributed by atoms with E-state index in [0.717, 1.165) is 31.5 Å². The van der Waals surface area contributed by atoms with Gasteiger partial charge in [0.1, 0.15) is 5.82 Å². The maximum atomic E-state index is 10.8. The number of hydrogen-bond donors (Lipinski definition) is 1. The SMILES string of the molecule is NC1CC2CCC(C1)N2c1cc([N+](=O)[O-])ccn1. The van der Waals surface area contributed by atoms with Gasteiger partial charge in [-0.15, -0.1) is 0 Å². The number of aromatic nitrogens is 1. The molecule has 2 N–H and O–H groups in total. The molecule has 2 bridgehead atoms. The van der Waals surface area contributed by atoms with Crippen LogP contribution < -0.4 is 10.6 Å². The van der Waals surface area contributed by atoms with Gasteiger partial charge in [0.25, 0.3) is 5.69 Å². The molecule has 0 spiro atoms. The molecule has 0 amide bonds. The Balaban J connectivity index is 1.91. The Morgan fingerprint density at radius 2 is 2.06 bits per heavy atom. The second-order valence-corrected chi connectivity index (χ2v) is 5.15. The van der Waals surface area contributed by atoms with Gasteiger partial charge < -0.3 is 10.6 Å². The van der Waals surface area contributed by atoms with E-state index >= 15 is 0 Å². The van der Waals surface area contributed by atoms with Crippen molar-refractivity contribution in [2.24, 2.45) is 5.73 Å². The maximum Gasteiger partial charge on any atom is 0.274 e. The highest BCUT2D eigenvalue weighted by Gasteiger charge is 2.40. The zero-order chi connectivity index (χ0) is 12.7. The normalized spacial score (nSPS) is 30.5. The lowest BCUT2D eigenvalue weighted by Crippen LogP contribution is -2.47. The fourth-order valence-corrected chi connectivity index (χ4v) is 3.26. The number of piperidine rings is 1. The summed E-state index contributed by atoms with van der Waals surface area (Å²) in [6.45, 7) is 0. The minimum absolute atomic E-state index is 0.106. The lowest BCUT2D eigenvalue weighted by Gasteiger charge is -2.38. The standard InChI is InChI=1S/C12H16N4O2/c13-8-5-9-1-2-10(6-8)15(9)12-7-11(16(17)18)3-4-14-12/h3-4,7-10H,1-2,5-6,13H2. The predicted molar refractivity (Wildman–Crippen MR) is 67.4 cm³/mol. The lowest BCUT2D eigenvalue weighted by atomic mass is 9.98. The Morgan fingerprint density at radius 3 is 2.67 bits per heavy atom. The molecule has 0 saturated carbocycles. The highest BCUT2D eigenvalue weighted by Crippen LogP contribution is 2.38. The molecule has 96 valence electrons. The van der Waals surface area contributed by atoms with Gasteiger partial charge in [0.2, 0.25) is 0 Å². The Morgan fingerprint density at radius 1 is 1.39 bits per heavy atom. The second kappa shape index (κ2) is 4.20. The van der Waals surface area contributed by atoms with Gasteiger partial charge in [-0.3, -0.25) is 10.1 Å². The third kappa shape index (κ3) is 1.82. The first-order chi connectivity index (χ1) is 8.65. The van der Waals surface area contributed by atoms with Gasteiger partial charge in [-0.25, -0.2) is 4.98 Å². The number of rotatable bonds is 2. The van der Waals surface area contributed by atoms with Gasteiger partial charge >= 0.3 is 0 Å². The van der Waals surface area contributed by atoms with Crippen LogP contribution in [-0.2, 0) is 0 Å². The van der Waals surface area contributed by atoms with Crippen LogP contribution in [0.2, 0.25) is 0 Å². The molecular weight excluding hydrogens is 232 g/mol. The number of nitro groups is 1. The summed E-state index contributed by atoms with van der Waals surface area (Å²) in [6, 6.07) is 4.06. The number of fused-ring (bicyclic) bond motifs is 2. The average molecular weight is 248 g/mol. The Kier molecular flexibility index (Phi) is 2.66. The van der Waals surface area contributed by atoms with Crippen LogP contribution in [0.4, 0.5) is 11.5 Å². The third-order valence-electron chi connectivity index (χ3n) is 3.97. The molecule has 0 radical (unpaired) electrons. The summed E-state index contributed by atoms with van der Waals surface area (Å²) < 4.78 is 0. The molecule has 2 fully saturated rings. The van der Waals surface area contributed by atoms with Crippen molar-refractivity contribution >= 4 is 11.5 Å². The van der Waals surface area contributed by atoms with Gasteiger partial charge in [0.05, 0.1) is 11.0 Å². The smallest absolute Gasteiger partial charge is 0.274 e. The number of hydrogen-bond acceptors (Lipinski definition) is 5. The van der Waals surface area contributed by atoms with Crippen LogP contribution >= 0.6 is 0 Å². The summed E-state index contributed by atoms with van der Waals surface area (Å²) in [5, 5.41) is 10.8. The maximum absolute atomic E-state index is 10.8. The summed E-state index contributed by atoms with van der Waals surface area (Å²) in [5.41, 5.74) is 6.12. The predicted octanol–water partition coefficient (Wildman–Crippen LogP) is 1.45. The fourth-order valence-electron chi connectivity index (χ4n) is 3.26. The molecular formula is C12H16N4O2. The molecule has 2 saturated heterocycles. The van der Waals surface area contributed by atoms with Crippen molar-refractivity contribution in [1.29, 1.82) is 0 Å². The molecule has 3 heterocycles. The lowest BCUT2D eigenvalue weighted by molar-refractivity contribution is -0.384. The molecule has 1 aromatic rings. The van der Waals surface area contributed by atoms with Gasteiger partial charge in [-0.1, -0.05) is 0 Å². The molecule has 2 atom stereocenters. The molecule has 2 aliphatic rings. The topological polar surface area (TPSA) is 85.3 Å². The van der Waals surface area contributed by atoms with E-state index in [-0.39, 0.29) is 16.7 Å². The highest BCUT2D eigenvalue weighted by atomic mass is 16.6. The van der Waals surface area contributed by atoms with Crippen LogP contribution in [0, 0.1) is 10.1 Å². The summed E-state index contributed by atoms with van der Waals surface area (Å²) in [6.07, 6.45) is 5.66. The van der Waals surface area contributed by atoms with Crippen molar-refractivity contribution in [3.8, 4) is 0 Å². The van der Waals surface area contributed by atoms with Gasteiger partial charge in [0, 0.05) is 30.4 Å². The Hall–Kier alpha value is -1.69. The Bertz CT molecular complexity index is 465. The highest BCUT2D eigenvalue weighted by molar-refractivity contribution is 5.50. The van der Waals surface area contributed by atoms with E-state index in [1.54, 1.807) is 6.07 Å². The first-order valence-corrected chi connectivity index (χ1v) is 6.29. The van der Waals surface area contributed by atoms with Crippen LogP contribution in [-0.4, -0.2) is 28.0 Å². The van der Waals surface area contributed by atoms with Crippen LogP contribution in [0.3, 0.4) is 0 Å². The van der Waals surface area contributed by atoms with E-state index in [1.807, 2.05) is 0 Å². The minimum Gasteiger partial charge on any atom is -0.350 e. The number of nitrogens with two attached hydrogens (primary N) is 1. The van der Waals surface area contributed by atoms with E-state index in [0.29, 0.717) is 12.1 Å². The van der Waals surface area contributed by atoms with E-state index in [1.165, 1.54) is 12.3 Å². The number of pyridine rings is 1. The Labute approximate surface area is 105 Å². The van der Waals surface area contributed by atoms with Crippen molar-refractivity contribution in [3.63, 3.8) is 0 Å². The van der Waals surface area contributed by atoms with E-state index in [9.17, 15) is 10.1 Å². The second-order valence-electron chi connectivity index (χ2n) is 5.15. The zero-order valence-corrected chi connectivity index (χ0v) is 10.0.